The minimum Gasteiger partial charge on any atom is -0.379 e. The van der Waals surface area contributed by atoms with E-state index in [0.29, 0.717) is 6.54 Å². The average molecular weight is 328 g/mol. The van der Waals surface area contributed by atoms with E-state index in [1.54, 1.807) is 6.08 Å². The number of ketones is 1. The number of nitrogens with zero attached hydrogens (tertiary/aromatic N) is 1. The summed E-state index contributed by atoms with van der Waals surface area (Å²) in [5.74, 6) is 0.149. The van der Waals surface area contributed by atoms with Crippen LogP contribution in [0.2, 0.25) is 0 Å². The summed E-state index contributed by atoms with van der Waals surface area (Å²) in [5, 5.41) is 0. The largest absolute Gasteiger partial charge is 0.379 e. The number of carbonyl (C=O) groups excluding carboxylic acids is 1. The van der Waals surface area contributed by atoms with E-state index in [1.165, 1.54) is 0 Å². The predicted octanol–water partition coefficient (Wildman–Crippen LogP) is 4.08. The summed E-state index contributed by atoms with van der Waals surface area (Å²) < 4.78 is 5.24. The molecule has 1 fully saturated rings. The zero-order valence-corrected chi connectivity index (χ0v) is 15.1. The second-order valence-corrected chi connectivity index (χ2v) is 4.10. The van der Waals surface area contributed by atoms with E-state index >= 15 is 0 Å². The van der Waals surface area contributed by atoms with Crippen molar-refractivity contribution in [3.05, 3.63) is 42.0 Å². The van der Waals surface area contributed by atoms with Crippen LogP contribution in [0.25, 0.3) is 6.08 Å². The number of hydrogen-bond acceptors (Lipinski definition) is 3. The van der Waals surface area contributed by atoms with Crippen molar-refractivity contribution < 1.29 is 9.53 Å². The molecule has 0 aromatic heterocycles. The van der Waals surface area contributed by atoms with Gasteiger partial charge in [0.25, 0.3) is 0 Å². The molecule has 0 amide bonds. The Bertz CT molecular complexity index is 387. The minimum absolute atomic E-state index is 0. The van der Waals surface area contributed by atoms with Gasteiger partial charge in [0, 0.05) is 13.1 Å². The molecule has 0 unspecified atom stereocenters. The van der Waals surface area contributed by atoms with E-state index in [2.05, 4.69) is 4.90 Å². The number of ether oxygens (including phenoxy) is 1. The highest BCUT2D eigenvalue weighted by molar-refractivity contribution is 5.95. The van der Waals surface area contributed by atoms with E-state index in [1.807, 2.05) is 64.1 Å². The molecule has 4 heteroatoms. The van der Waals surface area contributed by atoms with Gasteiger partial charge in [0.05, 0.1) is 19.8 Å². The summed E-state index contributed by atoms with van der Waals surface area (Å²) in [6.07, 6.45) is 3.52. The summed E-state index contributed by atoms with van der Waals surface area (Å²) in [5.41, 5.74) is 1.06. The molecule has 1 aliphatic heterocycles. The third-order valence-corrected chi connectivity index (χ3v) is 2.74. The van der Waals surface area contributed by atoms with Crippen molar-refractivity contribution in [2.75, 3.05) is 32.8 Å². The predicted molar refractivity (Wildman–Crippen MR) is 97.7 cm³/mol. The number of carbonyl (C=O) groups is 1. The Morgan fingerprint density at radius 2 is 1.64 bits per heavy atom. The van der Waals surface area contributed by atoms with Gasteiger partial charge in [0.15, 0.2) is 5.78 Å². The van der Waals surface area contributed by atoms with Crippen molar-refractivity contribution in [1.82, 2.24) is 4.90 Å². The van der Waals surface area contributed by atoms with Gasteiger partial charge in [-0.25, -0.2) is 0 Å². The zero-order valence-electron chi connectivity index (χ0n) is 14.2. The van der Waals surface area contributed by atoms with E-state index in [4.69, 9.17) is 4.74 Å². The fraction of sp³-hybridized carbons (Fsp3) is 0.500. The molecule has 0 saturated carbocycles. The lowest BCUT2D eigenvalue weighted by atomic mass is 10.2. The number of rotatable bonds is 4. The lowest BCUT2D eigenvalue weighted by Gasteiger charge is -2.25. The standard InChI is InChI=1S/C14H17NO2.2C2H6.ClH/c16-14(12-15-8-10-17-11-9-15)7-6-13-4-2-1-3-5-13;2*1-2;/h1-7H,8-12H2;2*1-2H3;1H/b7-6+;;;. The highest BCUT2D eigenvalue weighted by atomic mass is 35.5. The first-order chi connectivity index (χ1) is 10.3. The Morgan fingerprint density at radius 3 is 2.18 bits per heavy atom. The van der Waals surface area contributed by atoms with Gasteiger partial charge in [0.2, 0.25) is 0 Å². The summed E-state index contributed by atoms with van der Waals surface area (Å²) in [6, 6.07) is 9.86. The first-order valence-corrected chi connectivity index (χ1v) is 7.91. The number of benzene rings is 1. The van der Waals surface area contributed by atoms with Gasteiger partial charge in [-0.05, 0) is 11.6 Å². The van der Waals surface area contributed by atoms with Crippen LogP contribution in [0.3, 0.4) is 0 Å². The highest BCUT2D eigenvalue weighted by Crippen LogP contribution is 2.02. The third kappa shape index (κ3) is 10.6. The van der Waals surface area contributed by atoms with E-state index in [-0.39, 0.29) is 18.2 Å². The minimum atomic E-state index is 0. The third-order valence-electron chi connectivity index (χ3n) is 2.74. The van der Waals surface area contributed by atoms with Crippen LogP contribution in [-0.2, 0) is 9.53 Å². The quantitative estimate of drug-likeness (QED) is 0.780. The van der Waals surface area contributed by atoms with Crippen molar-refractivity contribution in [3.63, 3.8) is 0 Å². The highest BCUT2D eigenvalue weighted by Gasteiger charge is 2.12. The van der Waals surface area contributed by atoms with Gasteiger partial charge in [-0.15, -0.1) is 12.4 Å². The second-order valence-electron chi connectivity index (χ2n) is 4.10. The van der Waals surface area contributed by atoms with Crippen LogP contribution in [0.5, 0.6) is 0 Å². The lowest BCUT2D eigenvalue weighted by Crippen LogP contribution is -2.39. The van der Waals surface area contributed by atoms with Crippen molar-refractivity contribution in [2.24, 2.45) is 0 Å². The second kappa shape index (κ2) is 16.2. The van der Waals surface area contributed by atoms with E-state index in [9.17, 15) is 4.79 Å². The lowest BCUT2D eigenvalue weighted by molar-refractivity contribution is -0.116. The number of hydrogen-bond donors (Lipinski definition) is 0. The molecule has 0 spiro atoms. The van der Waals surface area contributed by atoms with Gasteiger partial charge in [-0.1, -0.05) is 64.1 Å². The molecule has 3 nitrogen and oxygen atoms in total. The fourth-order valence-electron chi connectivity index (χ4n) is 1.79. The summed E-state index contributed by atoms with van der Waals surface area (Å²) in [6.45, 7) is 11.7. The molecule has 2 rings (SSSR count). The maximum atomic E-state index is 11.7. The van der Waals surface area contributed by atoms with Crippen molar-refractivity contribution in [1.29, 1.82) is 0 Å². The Kier molecular flexibility index (Phi) is 17.0. The molecule has 1 aromatic rings. The molecule has 1 aliphatic rings. The van der Waals surface area contributed by atoms with E-state index in [0.717, 1.165) is 31.9 Å². The van der Waals surface area contributed by atoms with Gasteiger partial charge in [-0.3, -0.25) is 9.69 Å². The summed E-state index contributed by atoms with van der Waals surface area (Å²) in [4.78, 5) is 13.8. The Hall–Kier alpha value is -1.16. The monoisotopic (exact) mass is 327 g/mol. The zero-order chi connectivity index (χ0) is 15.9. The maximum absolute atomic E-state index is 11.7. The molecule has 0 atom stereocenters. The molecule has 22 heavy (non-hydrogen) atoms. The van der Waals surface area contributed by atoms with Crippen molar-refractivity contribution >= 4 is 24.3 Å². The van der Waals surface area contributed by atoms with Crippen LogP contribution < -0.4 is 0 Å². The van der Waals surface area contributed by atoms with Crippen LogP contribution in [0, 0.1) is 0 Å². The first kappa shape index (κ1) is 23.1. The first-order valence-electron chi connectivity index (χ1n) is 7.91. The molecule has 0 aliphatic carbocycles. The van der Waals surface area contributed by atoms with Gasteiger partial charge < -0.3 is 4.74 Å². The van der Waals surface area contributed by atoms with Gasteiger partial charge >= 0.3 is 0 Å². The molecule has 1 aromatic carbocycles. The fourth-order valence-corrected chi connectivity index (χ4v) is 1.79. The molecule has 1 saturated heterocycles. The summed E-state index contributed by atoms with van der Waals surface area (Å²) in [7, 11) is 0. The smallest absolute Gasteiger partial charge is 0.169 e. The molecule has 126 valence electrons. The van der Waals surface area contributed by atoms with Crippen LogP contribution >= 0.6 is 12.4 Å². The van der Waals surface area contributed by atoms with E-state index < -0.39 is 0 Å². The molecule has 1 heterocycles. The Balaban J connectivity index is 0. The van der Waals surface area contributed by atoms with Gasteiger partial charge in [-0.2, -0.15) is 0 Å². The maximum Gasteiger partial charge on any atom is 0.169 e. The van der Waals surface area contributed by atoms with Crippen molar-refractivity contribution in [3.8, 4) is 0 Å². The molecule has 0 bridgehead atoms. The number of morpholine rings is 1. The molecular weight excluding hydrogens is 298 g/mol. The van der Waals surface area contributed by atoms with Crippen molar-refractivity contribution in [2.45, 2.75) is 27.7 Å². The van der Waals surface area contributed by atoms with Crippen LogP contribution in [0.4, 0.5) is 0 Å². The van der Waals surface area contributed by atoms with Crippen LogP contribution in [0.15, 0.2) is 36.4 Å². The SMILES string of the molecule is CC.CC.Cl.O=C(/C=C/c1ccccc1)CN1CCOCC1. The summed E-state index contributed by atoms with van der Waals surface area (Å²) >= 11 is 0. The molecule has 0 radical (unpaired) electrons. The van der Waals surface area contributed by atoms with Crippen LogP contribution in [-0.4, -0.2) is 43.5 Å². The normalized spacial score (nSPS) is 14.0. The Labute approximate surface area is 141 Å². The number of halogens is 1. The molecule has 0 N–H and O–H groups in total. The Morgan fingerprint density at radius 1 is 1.09 bits per heavy atom. The average Bonchev–Trinajstić information content (AvgIpc) is 2.58. The van der Waals surface area contributed by atoms with Crippen LogP contribution in [0.1, 0.15) is 33.3 Å². The topological polar surface area (TPSA) is 29.5 Å². The molecular formula is C18H30ClNO2. The van der Waals surface area contributed by atoms with Gasteiger partial charge in [0.1, 0.15) is 0 Å².